The van der Waals surface area contributed by atoms with Crippen LogP contribution in [0.3, 0.4) is 0 Å². The monoisotopic (exact) mass is 291 g/mol. The maximum absolute atomic E-state index is 5.38. The van der Waals surface area contributed by atoms with Crippen molar-refractivity contribution in [2.75, 3.05) is 31.6 Å². The molecule has 1 N–H and O–H groups in total. The molecule has 1 aromatic heterocycles. The zero-order chi connectivity index (χ0) is 15.1. The molecule has 1 saturated heterocycles. The van der Waals surface area contributed by atoms with E-state index in [9.17, 15) is 0 Å². The van der Waals surface area contributed by atoms with Gasteiger partial charge in [0.05, 0.1) is 18.5 Å². The average molecular weight is 291 g/mol. The van der Waals surface area contributed by atoms with E-state index in [1.165, 1.54) is 38.9 Å². The van der Waals surface area contributed by atoms with Crippen molar-refractivity contribution in [1.29, 1.82) is 0 Å². The number of pyridine rings is 1. The molecule has 2 atom stereocenters. The average Bonchev–Trinajstić information content (AvgIpc) is 2.50. The van der Waals surface area contributed by atoms with E-state index < -0.39 is 0 Å². The fourth-order valence-corrected chi connectivity index (χ4v) is 3.10. The highest BCUT2D eigenvalue weighted by molar-refractivity contribution is 5.43. The van der Waals surface area contributed by atoms with Crippen LogP contribution in [-0.4, -0.2) is 42.2 Å². The normalized spacial score (nSPS) is 21.0. The van der Waals surface area contributed by atoms with E-state index in [2.05, 4.69) is 35.1 Å². The van der Waals surface area contributed by atoms with Gasteiger partial charge in [0.1, 0.15) is 0 Å². The Morgan fingerprint density at radius 3 is 2.95 bits per heavy atom. The predicted molar refractivity (Wildman–Crippen MR) is 87.9 cm³/mol. The zero-order valence-corrected chi connectivity index (χ0v) is 13.6. The molecule has 2 unspecified atom stereocenters. The third kappa shape index (κ3) is 4.88. The summed E-state index contributed by atoms with van der Waals surface area (Å²) in [7, 11) is 0. The molecular formula is C17H29N3O. The van der Waals surface area contributed by atoms with Crippen LogP contribution in [0, 0.1) is 5.92 Å². The van der Waals surface area contributed by atoms with Crippen molar-refractivity contribution in [1.82, 2.24) is 9.88 Å². The number of anilines is 1. The second-order valence-electron chi connectivity index (χ2n) is 5.95. The molecule has 1 fully saturated rings. The zero-order valence-electron chi connectivity index (χ0n) is 13.6. The van der Waals surface area contributed by atoms with Gasteiger partial charge in [-0.15, -0.1) is 0 Å². The number of likely N-dealkylation sites (tertiary alicyclic amines) is 1. The van der Waals surface area contributed by atoms with Crippen molar-refractivity contribution in [3.63, 3.8) is 0 Å². The molecule has 0 aromatic carbocycles. The quantitative estimate of drug-likeness (QED) is 0.835. The predicted octanol–water partition coefficient (Wildman–Crippen LogP) is 3.40. The van der Waals surface area contributed by atoms with Crippen LogP contribution >= 0.6 is 0 Å². The molecule has 1 aliphatic rings. The van der Waals surface area contributed by atoms with E-state index >= 15 is 0 Å². The van der Waals surface area contributed by atoms with Gasteiger partial charge in [0.25, 0.3) is 0 Å². The lowest BCUT2D eigenvalue weighted by atomic mass is 9.91. The van der Waals surface area contributed by atoms with Crippen LogP contribution in [0.2, 0.25) is 0 Å². The van der Waals surface area contributed by atoms with E-state index in [1.54, 1.807) is 0 Å². The molecule has 2 heterocycles. The molecule has 4 nitrogen and oxygen atoms in total. The molecule has 2 rings (SSSR count). The first-order valence-corrected chi connectivity index (χ1v) is 8.30. The van der Waals surface area contributed by atoms with E-state index in [1.807, 2.05) is 19.2 Å². The van der Waals surface area contributed by atoms with Gasteiger partial charge in [-0.3, -0.25) is 0 Å². The summed E-state index contributed by atoms with van der Waals surface area (Å²) in [6.07, 6.45) is 5.75. The molecule has 21 heavy (non-hydrogen) atoms. The molecule has 0 spiro atoms. The standard InChI is InChI=1S/C17H29N3O/c1-4-10-20-11-6-7-15(13-20)14(3)19-16-8-9-17(18-12-16)21-5-2/h8-9,12,14-15,19H,4-7,10-11,13H2,1-3H3. The summed E-state index contributed by atoms with van der Waals surface area (Å²) in [6.45, 7) is 10.9. The van der Waals surface area contributed by atoms with Crippen LogP contribution in [0.5, 0.6) is 5.88 Å². The first kappa shape index (κ1) is 16.1. The molecule has 0 radical (unpaired) electrons. The molecule has 1 aliphatic heterocycles. The summed E-state index contributed by atoms with van der Waals surface area (Å²) in [6, 6.07) is 4.47. The molecule has 0 saturated carbocycles. The maximum atomic E-state index is 5.38. The molecule has 0 aliphatic carbocycles. The Bertz CT molecular complexity index is 405. The Morgan fingerprint density at radius 2 is 2.29 bits per heavy atom. The van der Waals surface area contributed by atoms with E-state index in [0.29, 0.717) is 18.5 Å². The molecule has 4 heteroatoms. The van der Waals surface area contributed by atoms with Gasteiger partial charge < -0.3 is 15.0 Å². The van der Waals surface area contributed by atoms with Crippen LogP contribution in [0.15, 0.2) is 18.3 Å². The van der Waals surface area contributed by atoms with E-state index in [0.717, 1.165) is 11.6 Å². The van der Waals surface area contributed by atoms with Crippen molar-refractivity contribution in [3.05, 3.63) is 18.3 Å². The second-order valence-corrected chi connectivity index (χ2v) is 5.95. The maximum Gasteiger partial charge on any atom is 0.213 e. The van der Waals surface area contributed by atoms with Gasteiger partial charge >= 0.3 is 0 Å². The second kappa shape index (κ2) is 8.23. The van der Waals surface area contributed by atoms with Gasteiger partial charge in [-0.05, 0) is 58.2 Å². The van der Waals surface area contributed by atoms with Gasteiger partial charge in [0.2, 0.25) is 5.88 Å². The highest BCUT2D eigenvalue weighted by Crippen LogP contribution is 2.23. The van der Waals surface area contributed by atoms with Crippen LogP contribution in [0.4, 0.5) is 5.69 Å². The smallest absolute Gasteiger partial charge is 0.213 e. The van der Waals surface area contributed by atoms with Crippen LogP contribution in [-0.2, 0) is 0 Å². The van der Waals surface area contributed by atoms with Gasteiger partial charge in [-0.25, -0.2) is 4.98 Å². The third-order valence-corrected chi connectivity index (χ3v) is 4.21. The summed E-state index contributed by atoms with van der Waals surface area (Å²) >= 11 is 0. The van der Waals surface area contributed by atoms with Crippen LogP contribution < -0.4 is 10.1 Å². The number of hydrogen-bond acceptors (Lipinski definition) is 4. The van der Waals surface area contributed by atoms with Crippen molar-refractivity contribution < 1.29 is 4.74 Å². The van der Waals surface area contributed by atoms with Crippen molar-refractivity contribution >= 4 is 5.69 Å². The molecule has 0 bridgehead atoms. The number of nitrogens with zero attached hydrogens (tertiary/aromatic N) is 2. The number of hydrogen-bond donors (Lipinski definition) is 1. The Morgan fingerprint density at radius 1 is 1.43 bits per heavy atom. The first-order valence-electron chi connectivity index (χ1n) is 8.30. The Balaban J connectivity index is 1.86. The summed E-state index contributed by atoms with van der Waals surface area (Å²) in [5.74, 6) is 1.42. The molecule has 0 amide bonds. The highest BCUT2D eigenvalue weighted by Gasteiger charge is 2.24. The topological polar surface area (TPSA) is 37.4 Å². The first-order chi connectivity index (χ1) is 10.2. The van der Waals surface area contributed by atoms with Gasteiger partial charge in [0, 0.05) is 18.7 Å². The van der Waals surface area contributed by atoms with Crippen LogP contribution in [0.25, 0.3) is 0 Å². The summed E-state index contributed by atoms with van der Waals surface area (Å²) in [5, 5.41) is 3.60. The lowest BCUT2D eigenvalue weighted by Gasteiger charge is -2.36. The van der Waals surface area contributed by atoms with E-state index in [4.69, 9.17) is 4.74 Å². The number of nitrogens with one attached hydrogen (secondary N) is 1. The highest BCUT2D eigenvalue weighted by atomic mass is 16.5. The summed E-state index contributed by atoms with van der Waals surface area (Å²) < 4.78 is 5.38. The minimum absolute atomic E-state index is 0.476. The molecular weight excluding hydrogens is 262 g/mol. The Hall–Kier alpha value is -1.29. The lowest BCUT2D eigenvalue weighted by molar-refractivity contribution is 0.165. The van der Waals surface area contributed by atoms with Crippen molar-refractivity contribution in [3.8, 4) is 5.88 Å². The minimum Gasteiger partial charge on any atom is -0.478 e. The number of piperidine rings is 1. The number of aromatic nitrogens is 1. The van der Waals surface area contributed by atoms with Gasteiger partial charge in [-0.2, -0.15) is 0 Å². The molecule has 1 aromatic rings. The fourth-order valence-electron chi connectivity index (χ4n) is 3.10. The fraction of sp³-hybridized carbons (Fsp3) is 0.706. The number of ether oxygens (including phenoxy) is 1. The van der Waals surface area contributed by atoms with Crippen molar-refractivity contribution in [2.24, 2.45) is 5.92 Å². The third-order valence-electron chi connectivity index (χ3n) is 4.21. The molecule has 118 valence electrons. The summed E-state index contributed by atoms with van der Waals surface area (Å²) in [4.78, 5) is 6.92. The number of rotatable bonds is 7. The lowest BCUT2D eigenvalue weighted by Crippen LogP contribution is -2.42. The van der Waals surface area contributed by atoms with Gasteiger partial charge in [-0.1, -0.05) is 6.92 Å². The Kier molecular flexibility index (Phi) is 6.30. The minimum atomic E-state index is 0.476. The SMILES string of the molecule is CCCN1CCCC(C(C)Nc2ccc(OCC)nc2)C1. The van der Waals surface area contributed by atoms with Crippen molar-refractivity contribution in [2.45, 2.75) is 46.1 Å². The Labute approximate surface area is 128 Å². The van der Waals surface area contributed by atoms with Crippen LogP contribution in [0.1, 0.15) is 40.0 Å². The largest absolute Gasteiger partial charge is 0.478 e. The summed E-state index contributed by atoms with van der Waals surface area (Å²) in [5.41, 5.74) is 1.08. The van der Waals surface area contributed by atoms with Gasteiger partial charge in [0.15, 0.2) is 0 Å². The van der Waals surface area contributed by atoms with E-state index in [-0.39, 0.29) is 0 Å².